The Morgan fingerprint density at radius 3 is 2.44 bits per heavy atom. The van der Waals surface area contributed by atoms with Crippen LogP contribution in [0, 0.1) is 6.92 Å². The van der Waals surface area contributed by atoms with Crippen LogP contribution in [0.1, 0.15) is 49.5 Å². The molecule has 0 radical (unpaired) electrons. The highest BCUT2D eigenvalue weighted by atomic mass is 16.6. The molecule has 3 amide bonds. The van der Waals surface area contributed by atoms with Crippen molar-refractivity contribution >= 4 is 24.1 Å². The summed E-state index contributed by atoms with van der Waals surface area (Å²) in [7, 11) is 0. The number of carbonyl (C=O) groups excluding carboxylic acids is 3. The van der Waals surface area contributed by atoms with E-state index in [0.717, 1.165) is 23.3 Å². The summed E-state index contributed by atoms with van der Waals surface area (Å²) in [6, 6.07) is 13.8. The number of nitrogens with zero attached hydrogens (tertiary/aromatic N) is 2. The lowest BCUT2D eigenvalue weighted by Crippen LogP contribution is -2.42. The normalized spacial score (nSPS) is 15.9. The van der Waals surface area contributed by atoms with E-state index in [4.69, 9.17) is 9.47 Å². The van der Waals surface area contributed by atoms with Gasteiger partial charge in [-0.2, -0.15) is 0 Å². The van der Waals surface area contributed by atoms with Gasteiger partial charge in [0, 0.05) is 12.1 Å². The van der Waals surface area contributed by atoms with Gasteiger partial charge in [0.05, 0.1) is 11.7 Å². The van der Waals surface area contributed by atoms with Gasteiger partial charge in [0.25, 0.3) is 5.91 Å². The number of rotatable bonds is 6. The standard InChI is InChI=1S/C25H30N2O5/c1-18-8-5-6-10-22(18)23(29)27(17-28)19-11-13-21(14-12-19)31-16-20-9-7-15-26(20)24(30)32-25(2,3)4/h5-6,8,10-14,17,20H,7,9,15-16H2,1-4H3/t20-/m1/s1. The van der Waals surface area contributed by atoms with Crippen LogP contribution in [0.4, 0.5) is 10.5 Å². The summed E-state index contributed by atoms with van der Waals surface area (Å²) in [5.41, 5.74) is 1.19. The van der Waals surface area contributed by atoms with Crippen LogP contribution in [0.25, 0.3) is 0 Å². The minimum absolute atomic E-state index is 0.0568. The molecule has 170 valence electrons. The quantitative estimate of drug-likeness (QED) is 0.617. The first kappa shape index (κ1) is 23.3. The SMILES string of the molecule is Cc1ccccc1C(=O)N(C=O)c1ccc(OC[C@H]2CCCN2C(=O)OC(C)(C)C)cc1. The van der Waals surface area contributed by atoms with Gasteiger partial charge >= 0.3 is 6.09 Å². The molecule has 1 fully saturated rings. The number of hydrogen-bond acceptors (Lipinski definition) is 5. The van der Waals surface area contributed by atoms with Gasteiger partial charge in [-0.3, -0.25) is 9.59 Å². The van der Waals surface area contributed by atoms with Crippen LogP contribution >= 0.6 is 0 Å². The van der Waals surface area contributed by atoms with Crippen molar-refractivity contribution in [3.05, 3.63) is 59.7 Å². The number of likely N-dealkylation sites (tertiary alicyclic amines) is 1. The Kier molecular flexibility index (Phi) is 7.18. The Hall–Kier alpha value is -3.35. The molecule has 0 saturated carbocycles. The molecule has 0 bridgehead atoms. The van der Waals surface area contributed by atoms with E-state index in [1.807, 2.05) is 39.8 Å². The maximum atomic E-state index is 12.8. The summed E-state index contributed by atoms with van der Waals surface area (Å²) < 4.78 is 11.4. The van der Waals surface area contributed by atoms with Gasteiger partial charge in [0.1, 0.15) is 18.0 Å². The third-order valence-corrected chi connectivity index (χ3v) is 5.26. The predicted molar refractivity (Wildman–Crippen MR) is 122 cm³/mol. The number of amides is 3. The van der Waals surface area contributed by atoms with Crippen molar-refractivity contribution in [2.45, 2.75) is 52.2 Å². The molecule has 32 heavy (non-hydrogen) atoms. The summed E-state index contributed by atoms with van der Waals surface area (Å²) in [6.45, 7) is 8.37. The average Bonchev–Trinajstić information content (AvgIpc) is 3.21. The molecule has 3 rings (SSSR count). The number of ether oxygens (including phenoxy) is 2. The van der Waals surface area contributed by atoms with Crippen LogP contribution in [0.5, 0.6) is 5.75 Å². The van der Waals surface area contributed by atoms with E-state index in [0.29, 0.717) is 36.6 Å². The van der Waals surface area contributed by atoms with Crippen molar-refractivity contribution < 1.29 is 23.9 Å². The summed E-state index contributed by atoms with van der Waals surface area (Å²) in [6.07, 6.45) is 1.94. The average molecular weight is 439 g/mol. The fourth-order valence-corrected chi connectivity index (χ4v) is 3.63. The number of imide groups is 1. The highest BCUT2D eigenvalue weighted by molar-refractivity contribution is 6.16. The van der Waals surface area contributed by atoms with E-state index in [-0.39, 0.29) is 18.0 Å². The minimum atomic E-state index is -0.541. The van der Waals surface area contributed by atoms with Crippen LogP contribution in [-0.2, 0) is 9.53 Å². The fraction of sp³-hybridized carbons (Fsp3) is 0.400. The van der Waals surface area contributed by atoms with E-state index in [1.165, 1.54) is 0 Å². The third-order valence-electron chi connectivity index (χ3n) is 5.26. The Balaban J connectivity index is 1.63. The molecule has 7 heteroatoms. The molecule has 0 unspecified atom stereocenters. The van der Waals surface area contributed by atoms with Crippen LogP contribution in [0.3, 0.4) is 0 Å². The van der Waals surface area contributed by atoms with Crippen molar-refractivity contribution in [2.75, 3.05) is 18.1 Å². The molecule has 7 nitrogen and oxygen atoms in total. The number of anilines is 1. The second-order valence-electron chi connectivity index (χ2n) is 8.87. The maximum absolute atomic E-state index is 12.8. The monoisotopic (exact) mass is 438 g/mol. The molecule has 2 aromatic rings. The second-order valence-corrected chi connectivity index (χ2v) is 8.87. The van der Waals surface area contributed by atoms with E-state index in [9.17, 15) is 14.4 Å². The zero-order valence-corrected chi connectivity index (χ0v) is 19.0. The van der Waals surface area contributed by atoms with Gasteiger partial charge in [-0.15, -0.1) is 0 Å². The third kappa shape index (κ3) is 5.66. The van der Waals surface area contributed by atoms with Crippen molar-refractivity contribution in [2.24, 2.45) is 0 Å². The molecule has 2 aromatic carbocycles. The predicted octanol–water partition coefficient (Wildman–Crippen LogP) is 4.58. The molecule has 1 atom stereocenters. The lowest BCUT2D eigenvalue weighted by molar-refractivity contribution is -0.106. The molecule has 1 heterocycles. The molecule has 0 aromatic heterocycles. The van der Waals surface area contributed by atoms with Crippen molar-refractivity contribution in [3.63, 3.8) is 0 Å². The molecule has 1 saturated heterocycles. The van der Waals surface area contributed by atoms with Gasteiger partial charge in [-0.25, -0.2) is 9.69 Å². The van der Waals surface area contributed by atoms with Gasteiger partial charge in [0.15, 0.2) is 0 Å². The largest absolute Gasteiger partial charge is 0.491 e. The lowest BCUT2D eigenvalue weighted by Gasteiger charge is -2.28. The highest BCUT2D eigenvalue weighted by Crippen LogP contribution is 2.24. The molecular formula is C25H30N2O5. The van der Waals surface area contributed by atoms with Crippen LogP contribution in [0.15, 0.2) is 48.5 Å². The van der Waals surface area contributed by atoms with Crippen molar-refractivity contribution in [3.8, 4) is 5.75 Å². The van der Waals surface area contributed by atoms with Crippen LogP contribution in [-0.4, -0.2) is 48.1 Å². The van der Waals surface area contributed by atoms with Crippen molar-refractivity contribution in [1.82, 2.24) is 4.90 Å². The molecule has 1 aliphatic rings. The second kappa shape index (κ2) is 9.85. The topological polar surface area (TPSA) is 76.2 Å². The number of hydrogen-bond donors (Lipinski definition) is 0. The first-order chi connectivity index (χ1) is 15.2. The highest BCUT2D eigenvalue weighted by Gasteiger charge is 2.32. The Labute approximate surface area is 188 Å². The summed E-state index contributed by atoms with van der Waals surface area (Å²) >= 11 is 0. The Bertz CT molecular complexity index is 965. The smallest absolute Gasteiger partial charge is 0.410 e. The maximum Gasteiger partial charge on any atom is 0.410 e. The van der Waals surface area contributed by atoms with E-state index < -0.39 is 5.60 Å². The summed E-state index contributed by atoms with van der Waals surface area (Å²) in [5, 5.41) is 0. The zero-order valence-electron chi connectivity index (χ0n) is 19.0. The van der Waals surface area contributed by atoms with Gasteiger partial charge in [-0.1, -0.05) is 18.2 Å². The molecule has 0 spiro atoms. The summed E-state index contributed by atoms with van der Waals surface area (Å²) in [4.78, 5) is 39.6. The number of aryl methyl sites for hydroxylation is 1. The number of benzene rings is 2. The van der Waals surface area contributed by atoms with Crippen LogP contribution < -0.4 is 9.64 Å². The first-order valence-electron chi connectivity index (χ1n) is 10.8. The molecule has 0 N–H and O–H groups in total. The lowest BCUT2D eigenvalue weighted by atomic mass is 10.1. The first-order valence-corrected chi connectivity index (χ1v) is 10.8. The zero-order chi connectivity index (χ0) is 23.3. The van der Waals surface area contributed by atoms with Crippen molar-refractivity contribution in [1.29, 1.82) is 0 Å². The minimum Gasteiger partial charge on any atom is -0.491 e. The molecule has 1 aliphatic heterocycles. The Morgan fingerprint density at radius 2 is 1.81 bits per heavy atom. The van der Waals surface area contributed by atoms with E-state index >= 15 is 0 Å². The van der Waals surface area contributed by atoms with Gasteiger partial charge in [-0.05, 0) is 76.4 Å². The fourth-order valence-electron chi connectivity index (χ4n) is 3.63. The van der Waals surface area contributed by atoms with Gasteiger partial charge < -0.3 is 14.4 Å². The van der Waals surface area contributed by atoms with Crippen LogP contribution in [0.2, 0.25) is 0 Å². The number of carbonyl (C=O) groups is 3. The summed E-state index contributed by atoms with van der Waals surface area (Å²) in [5.74, 6) is 0.213. The Morgan fingerprint density at radius 1 is 1.12 bits per heavy atom. The van der Waals surface area contributed by atoms with Gasteiger partial charge in [0.2, 0.25) is 6.41 Å². The van der Waals surface area contributed by atoms with E-state index in [2.05, 4.69) is 0 Å². The molecular weight excluding hydrogens is 408 g/mol. The molecule has 0 aliphatic carbocycles. The van der Waals surface area contributed by atoms with E-state index in [1.54, 1.807) is 41.3 Å².